The third-order valence-corrected chi connectivity index (χ3v) is 3.86. The summed E-state index contributed by atoms with van der Waals surface area (Å²) in [5.74, 6) is 0.974. The highest BCUT2D eigenvalue weighted by Crippen LogP contribution is 2.43. The Morgan fingerprint density at radius 3 is 3.20 bits per heavy atom. The van der Waals surface area contributed by atoms with E-state index in [1.165, 1.54) is 18.3 Å². The molecule has 1 aromatic carbocycles. The summed E-state index contributed by atoms with van der Waals surface area (Å²) in [5, 5.41) is 0.502. The molecule has 1 atom stereocenters. The molecule has 0 spiro atoms. The molecule has 6 nitrogen and oxygen atoms in total. The van der Waals surface area contributed by atoms with Crippen molar-refractivity contribution in [1.29, 1.82) is 0 Å². The molecule has 0 aliphatic carbocycles. The number of thiazole rings is 1. The first-order valence-electron chi connectivity index (χ1n) is 6.17. The highest BCUT2D eigenvalue weighted by molar-refractivity contribution is 7.22. The standard InChI is InChI=1S/C13H14N2O4S/c1-6-3-9-11(12-10(6)15-13(14)20-12)18-5-8(19-9)4-17-7(2)16/h3,8H,4-5H2,1-2H3,(H2,14,15)/t8-/m0/s1. The Bertz CT molecular complexity index is 683. The summed E-state index contributed by atoms with van der Waals surface area (Å²) < 4.78 is 17.4. The number of benzene rings is 1. The molecule has 2 N–H and O–H groups in total. The van der Waals surface area contributed by atoms with Crippen molar-refractivity contribution in [2.24, 2.45) is 0 Å². The van der Waals surface area contributed by atoms with Crippen LogP contribution in [0, 0.1) is 6.92 Å². The zero-order valence-electron chi connectivity index (χ0n) is 11.1. The number of carbonyl (C=O) groups is 1. The highest BCUT2D eigenvalue weighted by atomic mass is 32.1. The summed E-state index contributed by atoms with van der Waals surface area (Å²) in [6.07, 6.45) is -0.298. The molecule has 0 unspecified atom stereocenters. The van der Waals surface area contributed by atoms with E-state index in [4.69, 9.17) is 19.9 Å². The fraction of sp³-hybridized carbons (Fsp3) is 0.385. The summed E-state index contributed by atoms with van der Waals surface area (Å²) >= 11 is 1.38. The van der Waals surface area contributed by atoms with Gasteiger partial charge in [0.25, 0.3) is 0 Å². The summed E-state index contributed by atoms with van der Waals surface area (Å²) in [4.78, 5) is 15.1. The topological polar surface area (TPSA) is 83.7 Å². The van der Waals surface area contributed by atoms with E-state index in [-0.39, 0.29) is 18.7 Å². The van der Waals surface area contributed by atoms with Gasteiger partial charge >= 0.3 is 5.97 Å². The summed E-state index contributed by atoms with van der Waals surface area (Å²) in [6, 6.07) is 1.87. The van der Waals surface area contributed by atoms with Crippen LogP contribution in [0.3, 0.4) is 0 Å². The Hall–Kier alpha value is -2.02. The first-order chi connectivity index (χ1) is 9.54. The van der Waals surface area contributed by atoms with Gasteiger partial charge in [0.15, 0.2) is 22.7 Å². The molecular weight excluding hydrogens is 280 g/mol. The van der Waals surface area contributed by atoms with Gasteiger partial charge in [-0.2, -0.15) is 0 Å². The van der Waals surface area contributed by atoms with Crippen LogP contribution in [0.4, 0.5) is 5.13 Å². The van der Waals surface area contributed by atoms with E-state index >= 15 is 0 Å². The van der Waals surface area contributed by atoms with Crippen molar-refractivity contribution in [2.75, 3.05) is 18.9 Å². The molecule has 0 radical (unpaired) electrons. The maximum Gasteiger partial charge on any atom is 0.302 e. The van der Waals surface area contributed by atoms with Gasteiger partial charge in [0.05, 0.1) is 5.52 Å². The second-order valence-electron chi connectivity index (χ2n) is 4.60. The van der Waals surface area contributed by atoms with E-state index < -0.39 is 0 Å². The normalized spacial score (nSPS) is 17.2. The van der Waals surface area contributed by atoms with E-state index in [1.54, 1.807) is 0 Å². The van der Waals surface area contributed by atoms with Gasteiger partial charge in [-0.05, 0) is 18.6 Å². The van der Waals surface area contributed by atoms with Crippen LogP contribution in [0.15, 0.2) is 6.07 Å². The molecule has 0 amide bonds. The smallest absolute Gasteiger partial charge is 0.302 e. The number of ether oxygens (including phenoxy) is 3. The number of nitrogen functional groups attached to an aromatic ring is 1. The minimum Gasteiger partial charge on any atom is -0.484 e. The van der Waals surface area contributed by atoms with Crippen molar-refractivity contribution < 1.29 is 19.0 Å². The van der Waals surface area contributed by atoms with Crippen LogP contribution in [0.25, 0.3) is 10.2 Å². The van der Waals surface area contributed by atoms with Crippen molar-refractivity contribution in [3.8, 4) is 11.5 Å². The fourth-order valence-corrected chi connectivity index (χ4v) is 3.01. The predicted molar refractivity (Wildman–Crippen MR) is 75.3 cm³/mol. The van der Waals surface area contributed by atoms with Gasteiger partial charge in [0.1, 0.15) is 17.9 Å². The van der Waals surface area contributed by atoms with Crippen molar-refractivity contribution in [3.63, 3.8) is 0 Å². The van der Waals surface area contributed by atoms with E-state index in [9.17, 15) is 4.79 Å². The zero-order valence-corrected chi connectivity index (χ0v) is 12.0. The number of carbonyl (C=O) groups excluding carboxylic acids is 1. The van der Waals surface area contributed by atoms with Crippen LogP contribution >= 0.6 is 11.3 Å². The first kappa shape index (κ1) is 13.0. The summed E-state index contributed by atoms with van der Waals surface area (Å²) in [5.41, 5.74) is 7.57. The summed E-state index contributed by atoms with van der Waals surface area (Å²) in [6.45, 7) is 3.82. The number of aryl methyl sites for hydroxylation is 1. The minimum absolute atomic E-state index is 0.177. The lowest BCUT2D eigenvalue weighted by Crippen LogP contribution is -2.34. The molecule has 1 aromatic heterocycles. The lowest BCUT2D eigenvalue weighted by molar-refractivity contribution is -0.144. The van der Waals surface area contributed by atoms with Gasteiger partial charge < -0.3 is 19.9 Å². The van der Waals surface area contributed by atoms with Crippen LogP contribution in [0.5, 0.6) is 11.5 Å². The van der Waals surface area contributed by atoms with Crippen molar-refractivity contribution >= 4 is 32.7 Å². The number of nitrogens with zero attached hydrogens (tertiary/aromatic N) is 1. The second-order valence-corrected chi connectivity index (χ2v) is 5.63. The van der Waals surface area contributed by atoms with E-state index in [1.807, 2.05) is 13.0 Å². The second kappa shape index (κ2) is 4.82. The molecule has 7 heteroatoms. The third-order valence-electron chi connectivity index (χ3n) is 2.97. The zero-order chi connectivity index (χ0) is 14.3. The fourth-order valence-electron chi connectivity index (χ4n) is 2.11. The molecule has 0 bridgehead atoms. The van der Waals surface area contributed by atoms with Gasteiger partial charge in [-0.25, -0.2) is 4.98 Å². The molecule has 0 saturated heterocycles. The quantitative estimate of drug-likeness (QED) is 0.852. The molecular formula is C13H14N2O4S. The Morgan fingerprint density at radius 1 is 1.65 bits per heavy atom. The van der Waals surface area contributed by atoms with E-state index in [0.717, 1.165) is 15.8 Å². The molecule has 1 aliphatic heterocycles. The number of anilines is 1. The lowest BCUT2D eigenvalue weighted by atomic mass is 10.2. The maximum atomic E-state index is 10.8. The van der Waals surface area contributed by atoms with Crippen LogP contribution in [0.1, 0.15) is 12.5 Å². The number of aromatic nitrogens is 1. The molecule has 2 heterocycles. The van der Waals surface area contributed by atoms with Crippen molar-refractivity contribution in [3.05, 3.63) is 11.6 Å². The van der Waals surface area contributed by atoms with Gasteiger partial charge in [-0.1, -0.05) is 11.3 Å². The number of hydrogen-bond donors (Lipinski definition) is 1. The molecule has 3 rings (SSSR count). The molecule has 20 heavy (non-hydrogen) atoms. The van der Waals surface area contributed by atoms with Crippen LogP contribution in [-0.4, -0.2) is 30.3 Å². The third kappa shape index (κ3) is 2.24. The van der Waals surface area contributed by atoms with E-state index in [0.29, 0.717) is 23.2 Å². The number of nitrogens with two attached hydrogens (primary N) is 1. The Kier molecular flexibility index (Phi) is 3.13. The predicted octanol–water partition coefficient (Wildman–Crippen LogP) is 1.89. The molecule has 2 aromatic rings. The maximum absolute atomic E-state index is 10.8. The van der Waals surface area contributed by atoms with Crippen LogP contribution in [-0.2, 0) is 9.53 Å². The number of fused-ring (bicyclic) bond motifs is 3. The summed E-state index contributed by atoms with van der Waals surface area (Å²) in [7, 11) is 0. The van der Waals surface area contributed by atoms with Gasteiger partial charge in [0, 0.05) is 6.92 Å². The SMILES string of the molecule is CC(=O)OC[C@H]1COc2c(cc(C)c3nc(N)sc23)O1. The van der Waals surface area contributed by atoms with E-state index in [2.05, 4.69) is 4.98 Å². The van der Waals surface area contributed by atoms with Crippen LogP contribution < -0.4 is 15.2 Å². The largest absolute Gasteiger partial charge is 0.484 e. The van der Waals surface area contributed by atoms with Gasteiger partial charge in [-0.3, -0.25) is 4.79 Å². The monoisotopic (exact) mass is 294 g/mol. The lowest BCUT2D eigenvalue weighted by Gasteiger charge is -2.26. The Balaban J connectivity index is 1.92. The first-order valence-corrected chi connectivity index (χ1v) is 6.98. The molecule has 0 saturated carbocycles. The highest BCUT2D eigenvalue weighted by Gasteiger charge is 2.26. The Labute approximate surface area is 119 Å². The van der Waals surface area contributed by atoms with Crippen molar-refractivity contribution in [1.82, 2.24) is 4.98 Å². The molecule has 106 valence electrons. The average Bonchev–Trinajstić information content (AvgIpc) is 2.78. The minimum atomic E-state index is -0.332. The average molecular weight is 294 g/mol. The number of esters is 1. The van der Waals surface area contributed by atoms with Crippen molar-refractivity contribution in [2.45, 2.75) is 20.0 Å². The molecule has 0 fully saturated rings. The number of rotatable bonds is 2. The molecule has 1 aliphatic rings. The van der Waals surface area contributed by atoms with Crippen LogP contribution in [0.2, 0.25) is 0 Å². The van der Waals surface area contributed by atoms with Gasteiger partial charge in [0.2, 0.25) is 0 Å². The Morgan fingerprint density at radius 2 is 2.45 bits per heavy atom. The van der Waals surface area contributed by atoms with Gasteiger partial charge in [-0.15, -0.1) is 0 Å². The number of hydrogen-bond acceptors (Lipinski definition) is 7.